The molecule has 1 unspecified atom stereocenters. The molecule has 0 radical (unpaired) electrons. The SMILES string of the molecule is C=C(OC)C(C)CCOCCC. The molecule has 0 spiro atoms. The van der Waals surface area contributed by atoms with Gasteiger partial charge in [-0.25, -0.2) is 0 Å². The van der Waals surface area contributed by atoms with Gasteiger partial charge in [-0.1, -0.05) is 20.4 Å². The number of ether oxygens (including phenoxy) is 2. The molecule has 0 aromatic carbocycles. The largest absolute Gasteiger partial charge is 0.501 e. The first kappa shape index (κ1) is 11.5. The summed E-state index contributed by atoms with van der Waals surface area (Å²) < 4.78 is 10.4. The predicted molar refractivity (Wildman–Crippen MR) is 51.0 cm³/mol. The van der Waals surface area contributed by atoms with Crippen molar-refractivity contribution in [2.45, 2.75) is 26.7 Å². The van der Waals surface area contributed by atoms with Crippen LogP contribution in [0.3, 0.4) is 0 Å². The van der Waals surface area contributed by atoms with E-state index in [0.29, 0.717) is 5.92 Å². The summed E-state index contributed by atoms with van der Waals surface area (Å²) in [5, 5.41) is 0. The highest BCUT2D eigenvalue weighted by molar-refractivity contribution is 4.87. The molecule has 0 N–H and O–H groups in total. The highest BCUT2D eigenvalue weighted by atomic mass is 16.5. The molecule has 0 aromatic heterocycles. The Morgan fingerprint density at radius 2 is 2.08 bits per heavy atom. The number of hydrogen-bond donors (Lipinski definition) is 0. The van der Waals surface area contributed by atoms with Crippen LogP contribution >= 0.6 is 0 Å². The van der Waals surface area contributed by atoms with Crippen molar-refractivity contribution < 1.29 is 9.47 Å². The van der Waals surface area contributed by atoms with Crippen LogP contribution in [0.2, 0.25) is 0 Å². The smallest absolute Gasteiger partial charge is 0.0912 e. The van der Waals surface area contributed by atoms with Crippen LogP contribution in [0.4, 0.5) is 0 Å². The monoisotopic (exact) mass is 172 g/mol. The lowest BCUT2D eigenvalue weighted by atomic mass is 10.1. The predicted octanol–water partition coefficient (Wildman–Crippen LogP) is 2.60. The topological polar surface area (TPSA) is 18.5 Å². The summed E-state index contributed by atoms with van der Waals surface area (Å²) in [6.45, 7) is 9.66. The van der Waals surface area contributed by atoms with Gasteiger partial charge in [0.2, 0.25) is 0 Å². The Balaban J connectivity index is 3.31. The van der Waals surface area contributed by atoms with Gasteiger partial charge < -0.3 is 9.47 Å². The zero-order valence-corrected chi connectivity index (χ0v) is 8.43. The van der Waals surface area contributed by atoms with Crippen LogP contribution in [0.25, 0.3) is 0 Å². The van der Waals surface area contributed by atoms with Gasteiger partial charge in [0, 0.05) is 19.1 Å². The normalized spacial score (nSPS) is 12.6. The van der Waals surface area contributed by atoms with E-state index in [1.807, 2.05) is 0 Å². The number of hydrogen-bond acceptors (Lipinski definition) is 2. The van der Waals surface area contributed by atoms with Gasteiger partial charge in [0.25, 0.3) is 0 Å². The maximum atomic E-state index is 5.35. The number of methoxy groups -OCH3 is 1. The van der Waals surface area contributed by atoms with E-state index in [1.54, 1.807) is 7.11 Å². The highest BCUT2D eigenvalue weighted by Crippen LogP contribution is 2.12. The van der Waals surface area contributed by atoms with Crippen LogP contribution in [0.1, 0.15) is 26.7 Å². The molecule has 2 heteroatoms. The molecule has 0 bridgehead atoms. The van der Waals surface area contributed by atoms with E-state index in [0.717, 1.165) is 31.8 Å². The van der Waals surface area contributed by atoms with Crippen molar-refractivity contribution in [3.8, 4) is 0 Å². The molecule has 0 saturated heterocycles. The number of rotatable bonds is 7. The molecule has 1 atom stereocenters. The van der Waals surface area contributed by atoms with Crippen molar-refractivity contribution in [1.82, 2.24) is 0 Å². The minimum atomic E-state index is 0.395. The molecule has 0 aliphatic heterocycles. The van der Waals surface area contributed by atoms with Gasteiger partial charge in [-0.2, -0.15) is 0 Å². The second kappa shape index (κ2) is 7.17. The summed E-state index contributed by atoms with van der Waals surface area (Å²) in [6.07, 6.45) is 2.08. The van der Waals surface area contributed by atoms with Crippen molar-refractivity contribution in [2.75, 3.05) is 20.3 Å². The fourth-order valence-electron chi connectivity index (χ4n) is 0.869. The summed E-state index contributed by atoms with van der Waals surface area (Å²) in [6, 6.07) is 0. The first-order chi connectivity index (χ1) is 5.72. The van der Waals surface area contributed by atoms with E-state index in [9.17, 15) is 0 Å². The average Bonchev–Trinajstić information content (AvgIpc) is 2.10. The lowest BCUT2D eigenvalue weighted by Gasteiger charge is -2.12. The van der Waals surface area contributed by atoms with Crippen molar-refractivity contribution >= 4 is 0 Å². The van der Waals surface area contributed by atoms with Crippen molar-refractivity contribution in [3.63, 3.8) is 0 Å². The van der Waals surface area contributed by atoms with E-state index < -0.39 is 0 Å². The van der Waals surface area contributed by atoms with Gasteiger partial charge in [-0.3, -0.25) is 0 Å². The van der Waals surface area contributed by atoms with E-state index >= 15 is 0 Å². The Labute approximate surface area is 75.6 Å². The van der Waals surface area contributed by atoms with Crippen LogP contribution in [0, 0.1) is 5.92 Å². The van der Waals surface area contributed by atoms with E-state index in [2.05, 4.69) is 20.4 Å². The summed E-state index contributed by atoms with van der Waals surface area (Å²) in [7, 11) is 1.66. The number of allylic oxidation sites excluding steroid dienone is 1. The summed E-state index contributed by atoms with van der Waals surface area (Å²) in [5.41, 5.74) is 0. The van der Waals surface area contributed by atoms with E-state index in [-0.39, 0.29) is 0 Å². The van der Waals surface area contributed by atoms with Crippen LogP contribution in [-0.4, -0.2) is 20.3 Å². The standard InChI is InChI=1S/C10H20O2/c1-5-7-12-8-6-9(2)10(3)11-4/h9H,3,5-8H2,1-2,4H3. The third-order valence-corrected chi connectivity index (χ3v) is 1.86. The Morgan fingerprint density at radius 1 is 1.42 bits per heavy atom. The maximum Gasteiger partial charge on any atom is 0.0912 e. The molecule has 0 aromatic rings. The van der Waals surface area contributed by atoms with E-state index in [4.69, 9.17) is 9.47 Å². The molecule has 12 heavy (non-hydrogen) atoms. The second-order valence-corrected chi connectivity index (χ2v) is 2.97. The molecule has 0 amide bonds. The third kappa shape index (κ3) is 5.19. The van der Waals surface area contributed by atoms with Crippen molar-refractivity contribution in [1.29, 1.82) is 0 Å². The molecule has 0 aliphatic carbocycles. The van der Waals surface area contributed by atoms with Crippen LogP contribution in [0.5, 0.6) is 0 Å². The van der Waals surface area contributed by atoms with Crippen molar-refractivity contribution in [2.24, 2.45) is 5.92 Å². The van der Waals surface area contributed by atoms with Crippen LogP contribution in [-0.2, 0) is 9.47 Å². The molecule has 0 fully saturated rings. The molecule has 2 nitrogen and oxygen atoms in total. The van der Waals surface area contributed by atoms with Crippen molar-refractivity contribution in [3.05, 3.63) is 12.3 Å². The van der Waals surface area contributed by atoms with E-state index in [1.165, 1.54) is 0 Å². The Kier molecular flexibility index (Phi) is 6.87. The minimum Gasteiger partial charge on any atom is -0.501 e. The lowest BCUT2D eigenvalue weighted by Crippen LogP contribution is -2.05. The Morgan fingerprint density at radius 3 is 2.58 bits per heavy atom. The Bertz CT molecular complexity index is 121. The molecule has 72 valence electrons. The summed E-state index contributed by atoms with van der Waals surface area (Å²) in [4.78, 5) is 0. The molecular weight excluding hydrogens is 152 g/mol. The summed E-state index contributed by atoms with van der Waals surface area (Å²) >= 11 is 0. The highest BCUT2D eigenvalue weighted by Gasteiger charge is 2.05. The van der Waals surface area contributed by atoms with Gasteiger partial charge in [0.1, 0.15) is 0 Å². The third-order valence-electron chi connectivity index (χ3n) is 1.86. The quantitative estimate of drug-likeness (QED) is 0.434. The zero-order valence-electron chi connectivity index (χ0n) is 8.43. The molecule has 0 heterocycles. The van der Waals surface area contributed by atoms with Crippen LogP contribution < -0.4 is 0 Å². The van der Waals surface area contributed by atoms with Gasteiger partial charge >= 0.3 is 0 Å². The maximum absolute atomic E-state index is 5.35. The van der Waals surface area contributed by atoms with Crippen LogP contribution in [0.15, 0.2) is 12.3 Å². The Hall–Kier alpha value is -0.500. The van der Waals surface area contributed by atoms with Gasteiger partial charge in [-0.15, -0.1) is 0 Å². The average molecular weight is 172 g/mol. The molecule has 0 saturated carbocycles. The first-order valence-electron chi connectivity index (χ1n) is 4.52. The molecular formula is C10H20O2. The lowest BCUT2D eigenvalue weighted by molar-refractivity contribution is 0.117. The van der Waals surface area contributed by atoms with Gasteiger partial charge in [0.15, 0.2) is 0 Å². The van der Waals surface area contributed by atoms with Gasteiger partial charge in [-0.05, 0) is 12.8 Å². The summed E-state index contributed by atoms with van der Waals surface area (Å²) in [5.74, 6) is 1.24. The second-order valence-electron chi connectivity index (χ2n) is 2.97. The zero-order chi connectivity index (χ0) is 9.40. The van der Waals surface area contributed by atoms with Gasteiger partial charge in [0.05, 0.1) is 12.9 Å². The molecule has 0 rings (SSSR count). The first-order valence-corrected chi connectivity index (χ1v) is 4.52. The fourth-order valence-corrected chi connectivity index (χ4v) is 0.869. The fraction of sp³-hybridized carbons (Fsp3) is 0.800. The molecule has 0 aliphatic rings. The minimum absolute atomic E-state index is 0.395.